The van der Waals surface area contributed by atoms with Gasteiger partial charge in [-0.3, -0.25) is 20.2 Å². The Morgan fingerprint density at radius 3 is 1.56 bits per heavy atom. The highest BCUT2D eigenvalue weighted by molar-refractivity contribution is 6.05. The van der Waals surface area contributed by atoms with Crippen molar-refractivity contribution in [1.82, 2.24) is 0 Å². The molecule has 6 N–H and O–H groups in total. The number of phenolic OH excluding ortho intramolecular Hbond substituents is 2. The fourth-order valence-corrected chi connectivity index (χ4v) is 3.92. The van der Waals surface area contributed by atoms with E-state index in [1.807, 2.05) is 0 Å². The number of carbonyl (C=O) groups excluding carboxylic acids is 4. The van der Waals surface area contributed by atoms with Crippen LogP contribution in [0.4, 0.5) is 43.7 Å². The molecule has 260 valence electrons. The van der Waals surface area contributed by atoms with E-state index in [-0.39, 0.29) is 47.2 Å². The molecule has 0 aliphatic rings. The maximum atomic E-state index is 12.1. The van der Waals surface area contributed by atoms with E-state index in [0.29, 0.717) is 11.3 Å². The van der Waals surface area contributed by atoms with Crippen LogP contribution >= 0.6 is 0 Å². The molecule has 0 bridgehead atoms. The highest BCUT2D eigenvalue weighted by Gasteiger charge is 2.16. The Hall–Kier alpha value is -7.24. The lowest BCUT2D eigenvalue weighted by molar-refractivity contribution is -0.385. The number of esters is 2. The summed E-state index contributed by atoms with van der Waals surface area (Å²) in [5.41, 5.74) is 0.553. The zero-order chi connectivity index (χ0) is 36.8. The van der Waals surface area contributed by atoms with Crippen LogP contribution in [0.25, 0.3) is 0 Å². The largest absolute Gasteiger partial charge is 0.506 e. The summed E-state index contributed by atoms with van der Waals surface area (Å²) >= 11 is 0. The number of aromatic hydroxyl groups is 2. The van der Waals surface area contributed by atoms with Crippen molar-refractivity contribution in [3.63, 3.8) is 0 Å². The zero-order valence-corrected chi connectivity index (χ0v) is 26.4. The molecule has 0 saturated heterocycles. The molecule has 4 aromatic carbocycles. The highest BCUT2D eigenvalue weighted by Crippen LogP contribution is 2.29. The number of rotatable bonds is 10. The first kappa shape index (κ1) is 37.2. The van der Waals surface area contributed by atoms with Gasteiger partial charge in [-0.2, -0.15) is 0 Å². The van der Waals surface area contributed by atoms with Crippen LogP contribution in [-0.4, -0.2) is 57.3 Å². The fraction of sp³-hybridized carbons (Fsp3) is 0.125. The number of hydrogen-bond acceptors (Lipinski definition) is 12. The van der Waals surface area contributed by atoms with Crippen LogP contribution in [-0.2, 0) is 9.47 Å². The molecule has 0 fully saturated rings. The lowest BCUT2D eigenvalue weighted by Crippen LogP contribution is -2.21. The van der Waals surface area contributed by atoms with Gasteiger partial charge in [0.15, 0.2) is 0 Å². The molecule has 0 heterocycles. The maximum Gasteiger partial charge on any atom is 0.340 e. The van der Waals surface area contributed by atoms with Crippen molar-refractivity contribution in [3.05, 3.63) is 116 Å². The molecular formula is C32H30N6O12. The molecule has 0 aromatic heterocycles. The molecule has 0 atom stereocenters. The van der Waals surface area contributed by atoms with E-state index in [4.69, 9.17) is 9.47 Å². The first-order valence-electron chi connectivity index (χ1n) is 14.5. The number of nitrogens with one attached hydrogen (secondary N) is 4. The van der Waals surface area contributed by atoms with Gasteiger partial charge in [-0.05, 0) is 62.4 Å². The number of amides is 4. The van der Waals surface area contributed by atoms with Crippen LogP contribution in [0.3, 0.4) is 0 Å². The summed E-state index contributed by atoms with van der Waals surface area (Å²) in [6.45, 7) is 3.82. The standard InChI is InChI=1S/2C16H15N3O6/c1-2-25-15(21)10-3-5-11(6-4-10)17-16(22)18-13-8-7-12(19(23)24)9-14(13)20;1-2-25-15(21)11-5-3-4-6-12(11)17-16(22)18-13-8-7-10(19(23)24)9-14(13)20/h2*3-9,20H,2H2,1H3,(H2,17,18,22). The summed E-state index contributed by atoms with van der Waals surface area (Å²) in [4.78, 5) is 67.3. The third-order valence-corrected chi connectivity index (χ3v) is 6.21. The predicted octanol–water partition coefficient (Wildman–Crippen LogP) is 6.24. The van der Waals surface area contributed by atoms with E-state index >= 15 is 0 Å². The highest BCUT2D eigenvalue weighted by atomic mass is 16.6. The van der Waals surface area contributed by atoms with E-state index in [1.165, 1.54) is 48.5 Å². The van der Waals surface area contributed by atoms with Gasteiger partial charge >= 0.3 is 24.0 Å². The summed E-state index contributed by atoms with van der Waals surface area (Å²) in [6, 6.07) is 17.5. The molecular weight excluding hydrogens is 660 g/mol. The Morgan fingerprint density at radius 1 is 0.620 bits per heavy atom. The Bertz CT molecular complexity index is 1900. The number of urea groups is 2. The van der Waals surface area contributed by atoms with Gasteiger partial charge in [-0.25, -0.2) is 19.2 Å². The summed E-state index contributed by atoms with van der Waals surface area (Å²) in [5.74, 6) is -1.93. The molecule has 18 heteroatoms. The average Bonchev–Trinajstić information content (AvgIpc) is 3.07. The number of phenols is 2. The molecule has 4 rings (SSSR count). The van der Waals surface area contributed by atoms with Gasteiger partial charge in [0, 0.05) is 17.8 Å². The Balaban J connectivity index is 0.000000270. The number of carbonyl (C=O) groups is 4. The Morgan fingerprint density at radius 2 is 1.08 bits per heavy atom. The average molecular weight is 691 g/mol. The van der Waals surface area contributed by atoms with Gasteiger partial charge in [0.2, 0.25) is 0 Å². The molecule has 0 saturated carbocycles. The van der Waals surface area contributed by atoms with Crippen molar-refractivity contribution in [3.8, 4) is 11.5 Å². The number of nitro groups is 2. The normalized spacial score (nSPS) is 9.96. The quantitative estimate of drug-likeness (QED) is 0.0467. The Kier molecular flexibility index (Phi) is 13.1. The molecule has 0 unspecified atom stereocenters. The number of anilines is 4. The van der Waals surface area contributed by atoms with E-state index in [2.05, 4.69) is 21.3 Å². The minimum absolute atomic E-state index is 0.0169. The van der Waals surface area contributed by atoms with Gasteiger partial charge < -0.3 is 41.0 Å². The van der Waals surface area contributed by atoms with Crippen molar-refractivity contribution in [2.24, 2.45) is 0 Å². The zero-order valence-electron chi connectivity index (χ0n) is 26.4. The van der Waals surface area contributed by atoms with Crippen LogP contribution in [0.2, 0.25) is 0 Å². The second kappa shape index (κ2) is 17.6. The third-order valence-electron chi connectivity index (χ3n) is 6.21. The minimum atomic E-state index is -0.735. The maximum absolute atomic E-state index is 12.1. The van der Waals surface area contributed by atoms with Crippen LogP contribution < -0.4 is 21.3 Å². The van der Waals surface area contributed by atoms with Crippen LogP contribution in [0, 0.1) is 20.2 Å². The Labute approximate surface area is 282 Å². The van der Waals surface area contributed by atoms with Crippen molar-refractivity contribution in [1.29, 1.82) is 0 Å². The van der Waals surface area contributed by atoms with Crippen molar-refractivity contribution in [2.45, 2.75) is 13.8 Å². The fourth-order valence-electron chi connectivity index (χ4n) is 3.92. The number of nitrogens with zero attached hydrogens (tertiary/aromatic N) is 2. The molecule has 50 heavy (non-hydrogen) atoms. The summed E-state index contributed by atoms with van der Waals surface area (Å²) in [7, 11) is 0. The van der Waals surface area contributed by atoms with Crippen molar-refractivity contribution in [2.75, 3.05) is 34.5 Å². The van der Waals surface area contributed by atoms with Gasteiger partial charge in [0.25, 0.3) is 11.4 Å². The lowest BCUT2D eigenvalue weighted by atomic mass is 10.2. The molecule has 4 aromatic rings. The monoisotopic (exact) mass is 690 g/mol. The van der Waals surface area contributed by atoms with Gasteiger partial charge in [-0.15, -0.1) is 0 Å². The summed E-state index contributed by atoms with van der Waals surface area (Å²) < 4.78 is 9.76. The first-order valence-corrected chi connectivity index (χ1v) is 14.5. The molecule has 0 spiro atoms. The third kappa shape index (κ3) is 10.7. The SMILES string of the molecule is CCOC(=O)c1ccc(NC(=O)Nc2ccc([N+](=O)[O-])cc2O)cc1.CCOC(=O)c1ccccc1NC(=O)Nc1ccc([N+](=O)[O-])cc1O. The summed E-state index contributed by atoms with van der Waals surface area (Å²) in [5, 5.41) is 50.4. The predicted molar refractivity (Wildman–Crippen MR) is 180 cm³/mol. The number of hydrogen-bond donors (Lipinski definition) is 6. The molecule has 0 radical (unpaired) electrons. The van der Waals surface area contributed by atoms with Crippen LogP contribution in [0.5, 0.6) is 11.5 Å². The van der Waals surface area contributed by atoms with Gasteiger partial charge in [-0.1, -0.05) is 12.1 Å². The van der Waals surface area contributed by atoms with Crippen molar-refractivity contribution >= 4 is 58.1 Å². The number of non-ortho nitro benzene ring substituents is 2. The van der Waals surface area contributed by atoms with Crippen LogP contribution in [0.15, 0.2) is 84.9 Å². The molecule has 18 nitrogen and oxygen atoms in total. The number of nitro benzene ring substituents is 2. The lowest BCUT2D eigenvalue weighted by Gasteiger charge is -2.12. The second-order valence-corrected chi connectivity index (χ2v) is 9.64. The second-order valence-electron chi connectivity index (χ2n) is 9.64. The molecule has 0 aliphatic carbocycles. The van der Waals surface area contributed by atoms with E-state index in [9.17, 15) is 49.6 Å². The number of benzene rings is 4. The van der Waals surface area contributed by atoms with E-state index in [1.54, 1.807) is 26.0 Å². The minimum Gasteiger partial charge on any atom is -0.506 e. The van der Waals surface area contributed by atoms with E-state index < -0.39 is 45.3 Å². The van der Waals surface area contributed by atoms with Crippen molar-refractivity contribution < 1.29 is 48.7 Å². The first-order chi connectivity index (χ1) is 23.8. The van der Waals surface area contributed by atoms with Gasteiger partial charge in [0.05, 0.1) is 63.4 Å². The van der Waals surface area contributed by atoms with E-state index in [0.717, 1.165) is 24.3 Å². The smallest absolute Gasteiger partial charge is 0.340 e. The topological polar surface area (TPSA) is 262 Å². The van der Waals surface area contributed by atoms with Gasteiger partial charge in [0.1, 0.15) is 11.5 Å². The molecule has 0 aliphatic heterocycles. The number of para-hydroxylation sites is 1. The summed E-state index contributed by atoms with van der Waals surface area (Å²) in [6.07, 6.45) is 0. The van der Waals surface area contributed by atoms with Crippen LogP contribution in [0.1, 0.15) is 34.6 Å². The number of ether oxygens (including phenoxy) is 2. The molecule has 4 amide bonds.